The summed E-state index contributed by atoms with van der Waals surface area (Å²) in [6.45, 7) is 3.59. The normalized spacial score (nSPS) is 24.7. The van der Waals surface area contributed by atoms with Crippen LogP contribution in [0.15, 0.2) is 4.52 Å². The molecule has 25 heavy (non-hydrogen) atoms. The molecule has 0 radical (unpaired) electrons. The third-order valence-electron chi connectivity index (χ3n) is 5.28. The maximum Gasteiger partial charge on any atom is 0.229 e. The zero-order valence-electron chi connectivity index (χ0n) is 14.3. The van der Waals surface area contributed by atoms with Gasteiger partial charge < -0.3 is 9.84 Å². The molecule has 1 aliphatic heterocycles. The van der Waals surface area contributed by atoms with Crippen molar-refractivity contribution in [1.29, 1.82) is 0 Å². The van der Waals surface area contributed by atoms with E-state index in [0.29, 0.717) is 18.0 Å². The van der Waals surface area contributed by atoms with Crippen molar-refractivity contribution in [2.45, 2.75) is 69.6 Å². The van der Waals surface area contributed by atoms with Gasteiger partial charge in [0, 0.05) is 18.5 Å². The average Bonchev–Trinajstić information content (AvgIpc) is 3.56. The van der Waals surface area contributed by atoms with E-state index in [0.717, 1.165) is 43.7 Å². The maximum absolute atomic E-state index is 5.37. The quantitative estimate of drug-likeness (QED) is 0.795. The highest BCUT2D eigenvalue weighted by Crippen LogP contribution is 2.38. The second-order valence-corrected chi connectivity index (χ2v) is 7.55. The number of hydrogen-bond donors (Lipinski definition) is 1. The van der Waals surface area contributed by atoms with E-state index in [1.165, 1.54) is 38.5 Å². The topological polar surface area (TPSA) is 97.8 Å². The number of nitrogens with one attached hydrogen (secondary N) is 1. The van der Waals surface area contributed by atoms with Crippen LogP contribution in [0.1, 0.15) is 68.0 Å². The molecule has 5 rings (SSSR count). The summed E-state index contributed by atoms with van der Waals surface area (Å²) in [6.07, 6.45) is 7.14. The molecule has 0 unspecified atom stereocenters. The Morgan fingerprint density at radius 2 is 2.08 bits per heavy atom. The predicted molar refractivity (Wildman–Crippen MR) is 87.5 cm³/mol. The molecule has 3 aliphatic rings. The Hall–Kier alpha value is -1.87. The number of likely N-dealkylation sites (tertiary alicyclic amines) is 1. The minimum atomic E-state index is 0.452. The molecule has 1 atom stereocenters. The van der Waals surface area contributed by atoms with Gasteiger partial charge in [0.2, 0.25) is 5.89 Å². The van der Waals surface area contributed by atoms with Crippen molar-refractivity contribution in [1.82, 2.24) is 40.6 Å². The Balaban J connectivity index is 1.14. The van der Waals surface area contributed by atoms with Gasteiger partial charge in [-0.05, 0) is 55.5 Å². The Bertz CT molecular complexity index is 719. The van der Waals surface area contributed by atoms with Crippen molar-refractivity contribution >= 4 is 0 Å². The number of aromatic nitrogens is 6. The fourth-order valence-corrected chi connectivity index (χ4v) is 3.56. The fraction of sp³-hybridized carbons (Fsp3) is 0.812. The number of nitrogens with zero attached hydrogens (tertiary/aromatic N) is 7. The third kappa shape index (κ3) is 3.57. The van der Waals surface area contributed by atoms with Crippen molar-refractivity contribution in [3.63, 3.8) is 0 Å². The van der Waals surface area contributed by atoms with Crippen molar-refractivity contribution in [2.75, 3.05) is 13.1 Å². The van der Waals surface area contributed by atoms with Crippen LogP contribution in [0, 0.1) is 0 Å². The van der Waals surface area contributed by atoms with E-state index in [4.69, 9.17) is 4.52 Å². The molecule has 0 aromatic carbocycles. The van der Waals surface area contributed by atoms with Crippen molar-refractivity contribution in [3.8, 4) is 0 Å². The van der Waals surface area contributed by atoms with Crippen LogP contribution in [0.5, 0.6) is 0 Å². The molecule has 2 aromatic heterocycles. The molecule has 3 heterocycles. The Morgan fingerprint density at radius 3 is 2.92 bits per heavy atom. The van der Waals surface area contributed by atoms with E-state index in [9.17, 15) is 0 Å². The minimum Gasteiger partial charge on any atom is -0.339 e. The van der Waals surface area contributed by atoms with Crippen molar-refractivity contribution in [3.05, 3.63) is 17.5 Å². The largest absolute Gasteiger partial charge is 0.339 e. The van der Waals surface area contributed by atoms with E-state index < -0.39 is 0 Å². The lowest BCUT2D eigenvalue weighted by atomic mass is 10.1. The second kappa shape index (κ2) is 6.45. The highest BCUT2D eigenvalue weighted by Gasteiger charge is 2.30. The van der Waals surface area contributed by atoms with Gasteiger partial charge in [0.05, 0.1) is 19.1 Å². The monoisotopic (exact) mass is 344 g/mol. The molecular weight excluding hydrogens is 320 g/mol. The molecule has 134 valence electrons. The molecule has 2 saturated carbocycles. The van der Waals surface area contributed by atoms with E-state index >= 15 is 0 Å². The van der Waals surface area contributed by atoms with Gasteiger partial charge >= 0.3 is 0 Å². The lowest BCUT2D eigenvalue weighted by Crippen LogP contribution is -2.45. The summed E-state index contributed by atoms with van der Waals surface area (Å²) in [6, 6.07) is 0.974. The summed E-state index contributed by atoms with van der Waals surface area (Å²) >= 11 is 0. The van der Waals surface area contributed by atoms with Crippen LogP contribution >= 0.6 is 0 Å². The Kier molecular flexibility index (Phi) is 3.97. The zero-order chi connectivity index (χ0) is 16.6. The van der Waals surface area contributed by atoms with E-state index in [1.54, 1.807) is 0 Å². The number of rotatable bonds is 7. The Morgan fingerprint density at radius 1 is 1.16 bits per heavy atom. The van der Waals surface area contributed by atoms with Crippen molar-refractivity contribution in [2.24, 2.45) is 0 Å². The molecule has 1 N–H and O–H groups in total. The molecule has 0 bridgehead atoms. The summed E-state index contributed by atoms with van der Waals surface area (Å²) in [5.74, 6) is 3.12. The van der Waals surface area contributed by atoms with Crippen LogP contribution in [-0.2, 0) is 13.1 Å². The first kappa shape index (κ1) is 15.4. The van der Waals surface area contributed by atoms with E-state index in [2.05, 4.69) is 35.9 Å². The van der Waals surface area contributed by atoms with Gasteiger partial charge in [-0.1, -0.05) is 5.16 Å². The highest BCUT2D eigenvalue weighted by molar-refractivity contribution is 5.02. The molecule has 3 fully saturated rings. The first-order chi connectivity index (χ1) is 12.3. The maximum atomic E-state index is 5.37. The standard InChI is InChI=1S/C16H24N8O/c1-2-12(17-8-15-19-21-22-24(15)13-5-6-13)9-23(7-1)10-14-18-16(25-20-14)11-3-4-11/h11-13,17H,1-10H2/t12-/m0/s1. The molecule has 1 saturated heterocycles. The SMILES string of the molecule is C1C[C@H](NCc2nnnn2C2CC2)CN(Cc2noc(C3CC3)n2)C1. The lowest BCUT2D eigenvalue weighted by Gasteiger charge is -2.32. The van der Waals surface area contributed by atoms with Crippen LogP contribution in [0.3, 0.4) is 0 Å². The first-order valence-electron chi connectivity index (χ1n) is 9.40. The average molecular weight is 344 g/mol. The van der Waals surface area contributed by atoms with Crippen LogP contribution in [0.25, 0.3) is 0 Å². The van der Waals surface area contributed by atoms with Gasteiger partial charge in [-0.15, -0.1) is 5.10 Å². The van der Waals surface area contributed by atoms with Gasteiger partial charge in [-0.3, -0.25) is 4.90 Å². The summed E-state index contributed by atoms with van der Waals surface area (Å²) in [4.78, 5) is 6.96. The number of tetrazole rings is 1. The van der Waals surface area contributed by atoms with Gasteiger partial charge in [0.1, 0.15) is 0 Å². The van der Waals surface area contributed by atoms with Crippen LogP contribution in [0.4, 0.5) is 0 Å². The summed E-state index contributed by atoms with van der Waals surface area (Å²) in [5, 5.41) is 19.9. The summed E-state index contributed by atoms with van der Waals surface area (Å²) in [7, 11) is 0. The highest BCUT2D eigenvalue weighted by atomic mass is 16.5. The van der Waals surface area contributed by atoms with Crippen LogP contribution in [-0.4, -0.2) is 54.4 Å². The molecule has 9 heteroatoms. The van der Waals surface area contributed by atoms with Gasteiger partial charge in [-0.2, -0.15) is 4.98 Å². The first-order valence-corrected chi connectivity index (χ1v) is 9.40. The smallest absolute Gasteiger partial charge is 0.229 e. The summed E-state index contributed by atoms with van der Waals surface area (Å²) in [5.41, 5.74) is 0. The fourth-order valence-electron chi connectivity index (χ4n) is 3.56. The van der Waals surface area contributed by atoms with Crippen LogP contribution in [0.2, 0.25) is 0 Å². The Labute approximate surface area is 146 Å². The van der Waals surface area contributed by atoms with Crippen LogP contribution < -0.4 is 5.32 Å². The molecule has 9 nitrogen and oxygen atoms in total. The minimum absolute atomic E-state index is 0.452. The molecule has 0 amide bonds. The zero-order valence-corrected chi connectivity index (χ0v) is 14.3. The van der Waals surface area contributed by atoms with E-state index in [-0.39, 0.29) is 0 Å². The van der Waals surface area contributed by atoms with Gasteiger partial charge in [0.25, 0.3) is 0 Å². The van der Waals surface area contributed by atoms with Gasteiger partial charge in [-0.25, -0.2) is 4.68 Å². The molecule has 0 spiro atoms. The predicted octanol–water partition coefficient (Wildman–Crippen LogP) is 1.02. The van der Waals surface area contributed by atoms with E-state index in [1.807, 2.05) is 4.68 Å². The molecule has 2 aliphatic carbocycles. The molecular formula is C16H24N8O. The molecule has 2 aromatic rings. The van der Waals surface area contributed by atoms with Gasteiger partial charge in [0.15, 0.2) is 11.6 Å². The lowest BCUT2D eigenvalue weighted by molar-refractivity contribution is 0.176. The number of piperidine rings is 1. The summed E-state index contributed by atoms with van der Waals surface area (Å²) < 4.78 is 7.35. The number of hydrogen-bond acceptors (Lipinski definition) is 8. The second-order valence-electron chi connectivity index (χ2n) is 7.55. The van der Waals surface area contributed by atoms with Crippen molar-refractivity contribution < 1.29 is 4.52 Å². The third-order valence-corrected chi connectivity index (χ3v) is 5.28.